The highest BCUT2D eigenvalue weighted by atomic mass is 16.5. The van der Waals surface area contributed by atoms with E-state index in [1.165, 1.54) is 0 Å². The molecule has 1 aromatic heterocycles. The molecule has 0 spiro atoms. The van der Waals surface area contributed by atoms with Gasteiger partial charge in [-0.1, -0.05) is 0 Å². The third-order valence-electron chi connectivity index (χ3n) is 3.07. The second-order valence-corrected chi connectivity index (χ2v) is 4.69. The van der Waals surface area contributed by atoms with Crippen LogP contribution in [0.3, 0.4) is 0 Å². The Bertz CT molecular complexity index is 434. The summed E-state index contributed by atoms with van der Waals surface area (Å²) in [6, 6.07) is 3.74. The summed E-state index contributed by atoms with van der Waals surface area (Å²) in [6.45, 7) is 3.85. The standard InChI is InChI=1S/C13H19N3O2/c1-10-9-18-8-7-16(10)13(17)11-5-4-6-14-12(11)15(2)3/h4-6,10H,7-9H2,1-3H3. The third-order valence-corrected chi connectivity index (χ3v) is 3.07. The maximum atomic E-state index is 12.5. The Morgan fingerprint density at radius 3 is 3.00 bits per heavy atom. The van der Waals surface area contributed by atoms with Gasteiger partial charge in [0.2, 0.25) is 0 Å². The van der Waals surface area contributed by atoms with Crippen molar-refractivity contribution in [2.24, 2.45) is 0 Å². The summed E-state index contributed by atoms with van der Waals surface area (Å²) in [6.07, 6.45) is 1.70. The molecule has 2 rings (SSSR count). The number of nitrogens with zero attached hydrogens (tertiary/aromatic N) is 3. The zero-order valence-electron chi connectivity index (χ0n) is 11.1. The van der Waals surface area contributed by atoms with Crippen molar-refractivity contribution < 1.29 is 9.53 Å². The largest absolute Gasteiger partial charge is 0.377 e. The Balaban J connectivity index is 2.28. The number of hydrogen-bond acceptors (Lipinski definition) is 4. The smallest absolute Gasteiger partial charge is 0.258 e. The normalized spacial score (nSPS) is 19.7. The van der Waals surface area contributed by atoms with Crippen molar-refractivity contribution in [2.45, 2.75) is 13.0 Å². The number of aromatic nitrogens is 1. The summed E-state index contributed by atoms with van der Waals surface area (Å²) in [5.41, 5.74) is 0.649. The molecule has 0 radical (unpaired) electrons. The van der Waals surface area contributed by atoms with Crippen LogP contribution in [-0.4, -0.2) is 55.7 Å². The zero-order valence-corrected chi connectivity index (χ0v) is 11.1. The van der Waals surface area contributed by atoms with E-state index in [4.69, 9.17) is 4.74 Å². The molecule has 0 bridgehead atoms. The van der Waals surface area contributed by atoms with Crippen molar-refractivity contribution in [1.29, 1.82) is 0 Å². The molecule has 0 N–H and O–H groups in total. The molecule has 1 amide bonds. The first-order valence-electron chi connectivity index (χ1n) is 6.12. The SMILES string of the molecule is CC1COCCN1C(=O)c1cccnc1N(C)C. The molecule has 98 valence electrons. The minimum Gasteiger partial charge on any atom is -0.377 e. The van der Waals surface area contributed by atoms with Crippen LogP contribution >= 0.6 is 0 Å². The number of ether oxygens (including phenoxy) is 1. The lowest BCUT2D eigenvalue weighted by Crippen LogP contribution is -2.47. The van der Waals surface area contributed by atoms with Crippen LogP contribution in [0.15, 0.2) is 18.3 Å². The first kappa shape index (κ1) is 12.8. The number of anilines is 1. The predicted octanol–water partition coefficient (Wildman–Crippen LogP) is 1.01. The lowest BCUT2D eigenvalue weighted by Gasteiger charge is -2.34. The third kappa shape index (κ3) is 2.46. The first-order chi connectivity index (χ1) is 8.61. The van der Waals surface area contributed by atoms with E-state index in [2.05, 4.69) is 4.98 Å². The van der Waals surface area contributed by atoms with Gasteiger partial charge < -0.3 is 14.5 Å². The molecule has 1 saturated heterocycles. The van der Waals surface area contributed by atoms with E-state index in [1.54, 1.807) is 12.3 Å². The van der Waals surface area contributed by atoms with Crippen LogP contribution in [0.2, 0.25) is 0 Å². The van der Waals surface area contributed by atoms with E-state index in [-0.39, 0.29) is 11.9 Å². The molecular formula is C13H19N3O2. The van der Waals surface area contributed by atoms with Gasteiger partial charge in [-0.25, -0.2) is 4.98 Å². The van der Waals surface area contributed by atoms with Crippen molar-refractivity contribution >= 4 is 11.7 Å². The highest BCUT2D eigenvalue weighted by Gasteiger charge is 2.26. The van der Waals surface area contributed by atoms with Crippen molar-refractivity contribution in [3.63, 3.8) is 0 Å². The molecule has 1 unspecified atom stereocenters. The van der Waals surface area contributed by atoms with Crippen LogP contribution in [0.1, 0.15) is 17.3 Å². The molecular weight excluding hydrogens is 230 g/mol. The van der Waals surface area contributed by atoms with Gasteiger partial charge in [0.15, 0.2) is 0 Å². The fourth-order valence-electron chi connectivity index (χ4n) is 2.10. The minimum absolute atomic E-state index is 0.0302. The second kappa shape index (κ2) is 5.35. The highest BCUT2D eigenvalue weighted by molar-refractivity contribution is 5.99. The first-order valence-corrected chi connectivity index (χ1v) is 6.12. The van der Waals surface area contributed by atoms with E-state index < -0.39 is 0 Å². The Labute approximate surface area is 107 Å². The maximum absolute atomic E-state index is 12.5. The van der Waals surface area contributed by atoms with Crippen LogP contribution in [-0.2, 0) is 4.74 Å². The van der Waals surface area contributed by atoms with Gasteiger partial charge in [0.25, 0.3) is 5.91 Å². The number of rotatable bonds is 2. The average Bonchev–Trinajstić information content (AvgIpc) is 2.38. The summed E-state index contributed by atoms with van der Waals surface area (Å²) >= 11 is 0. The lowest BCUT2D eigenvalue weighted by molar-refractivity contribution is 0.00361. The number of hydrogen-bond donors (Lipinski definition) is 0. The monoisotopic (exact) mass is 249 g/mol. The van der Waals surface area contributed by atoms with Gasteiger partial charge >= 0.3 is 0 Å². The van der Waals surface area contributed by atoms with Gasteiger partial charge in [-0.2, -0.15) is 0 Å². The van der Waals surface area contributed by atoms with Crippen molar-refractivity contribution in [2.75, 3.05) is 38.8 Å². The molecule has 1 aliphatic rings. The zero-order chi connectivity index (χ0) is 13.1. The van der Waals surface area contributed by atoms with Gasteiger partial charge in [-0.05, 0) is 19.1 Å². The quantitative estimate of drug-likeness (QED) is 0.784. The van der Waals surface area contributed by atoms with Gasteiger partial charge in [0.05, 0.1) is 24.8 Å². The highest BCUT2D eigenvalue weighted by Crippen LogP contribution is 2.19. The topological polar surface area (TPSA) is 45.7 Å². The van der Waals surface area contributed by atoms with Gasteiger partial charge in [0.1, 0.15) is 5.82 Å². The Kier molecular flexibility index (Phi) is 3.81. The van der Waals surface area contributed by atoms with Gasteiger partial charge in [-0.15, -0.1) is 0 Å². The summed E-state index contributed by atoms with van der Waals surface area (Å²) < 4.78 is 5.36. The Morgan fingerprint density at radius 1 is 1.56 bits per heavy atom. The van der Waals surface area contributed by atoms with Gasteiger partial charge in [0, 0.05) is 26.8 Å². The molecule has 1 fully saturated rings. The van der Waals surface area contributed by atoms with E-state index in [1.807, 2.05) is 36.9 Å². The fourth-order valence-corrected chi connectivity index (χ4v) is 2.10. The summed E-state index contributed by atoms with van der Waals surface area (Å²) in [5.74, 6) is 0.740. The van der Waals surface area contributed by atoms with E-state index >= 15 is 0 Å². The summed E-state index contributed by atoms with van der Waals surface area (Å²) in [5, 5.41) is 0. The lowest BCUT2D eigenvalue weighted by atomic mass is 10.1. The minimum atomic E-state index is 0.0302. The van der Waals surface area contributed by atoms with Crippen molar-refractivity contribution in [3.8, 4) is 0 Å². The summed E-state index contributed by atoms with van der Waals surface area (Å²) in [4.78, 5) is 20.5. The van der Waals surface area contributed by atoms with Crippen molar-refractivity contribution in [3.05, 3.63) is 23.9 Å². The van der Waals surface area contributed by atoms with E-state index in [0.717, 1.165) is 0 Å². The number of amides is 1. The van der Waals surface area contributed by atoms with Crippen molar-refractivity contribution in [1.82, 2.24) is 9.88 Å². The molecule has 1 aliphatic heterocycles. The molecule has 5 nitrogen and oxygen atoms in total. The molecule has 5 heteroatoms. The van der Waals surface area contributed by atoms with Crippen LogP contribution in [0.4, 0.5) is 5.82 Å². The Hall–Kier alpha value is -1.62. The van der Waals surface area contributed by atoms with Gasteiger partial charge in [-0.3, -0.25) is 4.79 Å². The predicted molar refractivity (Wildman–Crippen MR) is 69.9 cm³/mol. The molecule has 2 heterocycles. The van der Waals surface area contributed by atoms with Crippen LogP contribution in [0, 0.1) is 0 Å². The Morgan fingerprint density at radius 2 is 2.33 bits per heavy atom. The summed E-state index contributed by atoms with van der Waals surface area (Å²) in [7, 11) is 3.78. The molecule has 0 saturated carbocycles. The van der Waals surface area contributed by atoms with E-state index in [9.17, 15) is 4.79 Å². The number of morpholine rings is 1. The average molecular weight is 249 g/mol. The molecule has 1 atom stereocenters. The maximum Gasteiger partial charge on any atom is 0.258 e. The fraction of sp³-hybridized carbons (Fsp3) is 0.538. The number of carbonyl (C=O) groups is 1. The number of pyridine rings is 1. The second-order valence-electron chi connectivity index (χ2n) is 4.69. The molecule has 1 aromatic rings. The molecule has 0 aromatic carbocycles. The molecule has 0 aliphatic carbocycles. The van der Waals surface area contributed by atoms with Crippen LogP contribution in [0.5, 0.6) is 0 Å². The van der Waals surface area contributed by atoms with Crippen LogP contribution in [0.25, 0.3) is 0 Å². The molecule has 18 heavy (non-hydrogen) atoms. The van der Waals surface area contributed by atoms with Crippen LogP contribution < -0.4 is 4.90 Å². The van der Waals surface area contributed by atoms with E-state index in [0.29, 0.717) is 31.1 Å². The number of carbonyl (C=O) groups excluding carboxylic acids is 1.